The van der Waals surface area contributed by atoms with Crippen molar-refractivity contribution < 1.29 is 9.13 Å². The Balaban J connectivity index is 2.03. The van der Waals surface area contributed by atoms with Crippen LogP contribution in [0.1, 0.15) is 18.9 Å². The van der Waals surface area contributed by atoms with Gasteiger partial charge in [0.25, 0.3) is 0 Å². The van der Waals surface area contributed by atoms with Crippen LogP contribution in [0.15, 0.2) is 22.7 Å². The number of nitrogens with one attached hydrogen (secondary N) is 1. The first-order chi connectivity index (χ1) is 9.70. The Bertz CT molecular complexity index is 426. The van der Waals surface area contributed by atoms with Gasteiger partial charge in [-0.3, -0.25) is 0 Å². The molecule has 1 aliphatic rings. The van der Waals surface area contributed by atoms with Crippen LogP contribution in [0.5, 0.6) is 0 Å². The van der Waals surface area contributed by atoms with Gasteiger partial charge in [0.15, 0.2) is 0 Å². The fourth-order valence-electron chi connectivity index (χ4n) is 2.32. The zero-order chi connectivity index (χ0) is 14.4. The predicted octanol–water partition coefficient (Wildman–Crippen LogP) is 3.63. The fourth-order valence-corrected chi connectivity index (χ4v) is 3.69. The van der Waals surface area contributed by atoms with Crippen molar-refractivity contribution >= 4 is 27.7 Å². The van der Waals surface area contributed by atoms with E-state index in [1.165, 1.54) is 6.07 Å². The van der Waals surface area contributed by atoms with Gasteiger partial charge < -0.3 is 10.1 Å². The van der Waals surface area contributed by atoms with Crippen LogP contribution in [-0.4, -0.2) is 36.8 Å². The Labute approximate surface area is 133 Å². The van der Waals surface area contributed by atoms with Crippen LogP contribution in [-0.2, 0) is 11.2 Å². The second-order valence-corrected chi connectivity index (χ2v) is 7.00. The van der Waals surface area contributed by atoms with E-state index in [2.05, 4.69) is 28.2 Å². The molecule has 112 valence electrons. The minimum atomic E-state index is -0.212. The summed E-state index contributed by atoms with van der Waals surface area (Å²) in [5, 5.41) is 3.57. The van der Waals surface area contributed by atoms with E-state index >= 15 is 0 Å². The molecule has 1 aromatic carbocycles. The number of hydrogen-bond donors (Lipinski definition) is 1. The molecule has 0 amide bonds. The van der Waals surface area contributed by atoms with E-state index in [0.717, 1.165) is 43.1 Å². The number of benzene rings is 1. The molecule has 0 saturated carbocycles. The van der Waals surface area contributed by atoms with Crippen LogP contribution in [0.4, 0.5) is 4.39 Å². The van der Waals surface area contributed by atoms with E-state index in [4.69, 9.17) is 4.74 Å². The van der Waals surface area contributed by atoms with Gasteiger partial charge in [0, 0.05) is 17.5 Å². The molecule has 20 heavy (non-hydrogen) atoms. The maximum absolute atomic E-state index is 13.3. The molecule has 2 rings (SSSR count). The van der Waals surface area contributed by atoms with Crippen LogP contribution in [0.3, 0.4) is 0 Å². The third-order valence-corrected chi connectivity index (χ3v) is 5.01. The first-order valence-corrected chi connectivity index (χ1v) is 9.02. The maximum Gasteiger partial charge on any atom is 0.137 e. The lowest BCUT2D eigenvalue weighted by atomic mass is 10.0. The molecule has 0 aliphatic carbocycles. The summed E-state index contributed by atoms with van der Waals surface area (Å²) in [6, 6.07) is 5.54. The molecule has 0 aromatic heterocycles. The zero-order valence-corrected chi connectivity index (χ0v) is 14.1. The molecule has 0 radical (unpaired) electrons. The summed E-state index contributed by atoms with van der Waals surface area (Å²) in [6.07, 6.45) is 2.21. The van der Waals surface area contributed by atoms with Gasteiger partial charge in [-0.15, -0.1) is 0 Å². The third kappa shape index (κ3) is 4.72. The maximum atomic E-state index is 13.3. The number of thioether (sulfide) groups is 1. The second-order valence-electron chi connectivity index (χ2n) is 5.00. The summed E-state index contributed by atoms with van der Waals surface area (Å²) < 4.78 is 19.7. The summed E-state index contributed by atoms with van der Waals surface area (Å²) in [4.78, 5) is 0. The molecule has 1 aliphatic heterocycles. The van der Waals surface area contributed by atoms with Crippen LogP contribution in [0, 0.1) is 5.82 Å². The van der Waals surface area contributed by atoms with Gasteiger partial charge in [0.05, 0.1) is 17.2 Å². The van der Waals surface area contributed by atoms with E-state index in [1.807, 2.05) is 23.9 Å². The number of hydrogen-bond acceptors (Lipinski definition) is 3. The van der Waals surface area contributed by atoms with E-state index in [9.17, 15) is 4.39 Å². The normalized spacial score (nSPS) is 20.9. The molecule has 0 bridgehead atoms. The monoisotopic (exact) mass is 361 g/mol. The first kappa shape index (κ1) is 16.3. The highest BCUT2D eigenvalue weighted by Gasteiger charge is 2.24. The van der Waals surface area contributed by atoms with Crippen LogP contribution < -0.4 is 5.32 Å². The molecule has 5 heteroatoms. The Morgan fingerprint density at radius 2 is 2.40 bits per heavy atom. The Kier molecular flexibility index (Phi) is 6.81. The summed E-state index contributed by atoms with van der Waals surface area (Å²) in [6.45, 7) is 3.97. The van der Waals surface area contributed by atoms with Crippen LogP contribution >= 0.6 is 27.7 Å². The number of ether oxygens (including phenoxy) is 1. The Morgan fingerprint density at radius 3 is 3.05 bits per heavy atom. The van der Waals surface area contributed by atoms with Gasteiger partial charge in [-0.2, -0.15) is 11.8 Å². The van der Waals surface area contributed by atoms with Crippen molar-refractivity contribution in [1.29, 1.82) is 0 Å². The van der Waals surface area contributed by atoms with E-state index in [1.54, 1.807) is 0 Å². The minimum absolute atomic E-state index is 0.212. The molecule has 2 unspecified atom stereocenters. The summed E-state index contributed by atoms with van der Waals surface area (Å²) in [5.41, 5.74) is 1.13. The molecule has 1 fully saturated rings. The summed E-state index contributed by atoms with van der Waals surface area (Å²) in [5.74, 6) is 1.90. The molecular weight excluding hydrogens is 341 g/mol. The molecule has 2 nitrogen and oxygen atoms in total. The zero-order valence-electron chi connectivity index (χ0n) is 11.7. The average Bonchev–Trinajstić information content (AvgIpc) is 2.48. The summed E-state index contributed by atoms with van der Waals surface area (Å²) in [7, 11) is 0. The molecule has 0 spiro atoms. The highest BCUT2D eigenvalue weighted by molar-refractivity contribution is 9.10. The predicted molar refractivity (Wildman–Crippen MR) is 87.0 cm³/mol. The van der Waals surface area contributed by atoms with Crippen LogP contribution in [0.25, 0.3) is 0 Å². The van der Waals surface area contributed by atoms with Crippen LogP contribution in [0.2, 0.25) is 0 Å². The van der Waals surface area contributed by atoms with Crippen molar-refractivity contribution in [3.05, 3.63) is 34.1 Å². The van der Waals surface area contributed by atoms with Gasteiger partial charge in [0.2, 0.25) is 0 Å². The Morgan fingerprint density at radius 1 is 1.55 bits per heavy atom. The van der Waals surface area contributed by atoms with E-state index in [0.29, 0.717) is 10.5 Å². The molecule has 1 aromatic rings. The standard InChI is InChI=1S/C15H21BrFNOS/c1-2-5-18-14(15-10-20-7-6-19-15)9-11-3-4-13(17)12(16)8-11/h3-4,8,14-15,18H,2,5-7,9-10H2,1H3. The van der Waals surface area contributed by atoms with Crippen molar-refractivity contribution in [3.63, 3.8) is 0 Å². The largest absolute Gasteiger partial charge is 0.375 e. The van der Waals surface area contributed by atoms with Crippen molar-refractivity contribution in [2.24, 2.45) is 0 Å². The SMILES string of the molecule is CCCNC(Cc1ccc(F)c(Br)c1)C1CSCCO1. The van der Waals surface area contributed by atoms with Crippen molar-refractivity contribution in [2.75, 3.05) is 24.7 Å². The second kappa shape index (κ2) is 8.37. The van der Waals surface area contributed by atoms with Crippen molar-refractivity contribution in [2.45, 2.75) is 31.9 Å². The fraction of sp³-hybridized carbons (Fsp3) is 0.600. The van der Waals surface area contributed by atoms with Crippen molar-refractivity contribution in [1.82, 2.24) is 5.32 Å². The highest BCUT2D eigenvalue weighted by atomic mass is 79.9. The topological polar surface area (TPSA) is 21.3 Å². The first-order valence-electron chi connectivity index (χ1n) is 7.07. The lowest BCUT2D eigenvalue weighted by molar-refractivity contribution is 0.0472. The number of halogens is 2. The smallest absolute Gasteiger partial charge is 0.137 e. The lowest BCUT2D eigenvalue weighted by Gasteiger charge is -2.31. The van der Waals surface area contributed by atoms with E-state index < -0.39 is 0 Å². The lowest BCUT2D eigenvalue weighted by Crippen LogP contribution is -2.46. The molecule has 1 heterocycles. The molecule has 2 atom stereocenters. The highest BCUT2D eigenvalue weighted by Crippen LogP contribution is 2.21. The molecule has 1 saturated heterocycles. The summed E-state index contributed by atoms with van der Waals surface area (Å²) >= 11 is 5.20. The Hall–Kier alpha value is -0.100. The van der Waals surface area contributed by atoms with Gasteiger partial charge >= 0.3 is 0 Å². The minimum Gasteiger partial charge on any atom is -0.375 e. The van der Waals surface area contributed by atoms with Gasteiger partial charge in [0.1, 0.15) is 5.82 Å². The number of rotatable bonds is 6. The van der Waals surface area contributed by atoms with E-state index in [-0.39, 0.29) is 11.9 Å². The van der Waals surface area contributed by atoms with Crippen molar-refractivity contribution in [3.8, 4) is 0 Å². The average molecular weight is 362 g/mol. The van der Waals surface area contributed by atoms with Gasteiger partial charge in [-0.25, -0.2) is 4.39 Å². The van der Waals surface area contributed by atoms with Gasteiger partial charge in [-0.1, -0.05) is 13.0 Å². The molecular formula is C15H21BrFNOS. The molecule has 1 N–H and O–H groups in total. The third-order valence-electron chi connectivity index (χ3n) is 3.39. The van der Waals surface area contributed by atoms with Gasteiger partial charge in [-0.05, 0) is 53.0 Å². The quantitative estimate of drug-likeness (QED) is 0.835.